The molecule has 0 aromatic heterocycles. The summed E-state index contributed by atoms with van der Waals surface area (Å²) < 4.78 is 0. The Hall–Kier alpha value is -3.57. The summed E-state index contributed by atoms with van der Waals surface area (Å²) in [6.45, 7) is 6.24. The second kappa shape index (κ2) is 9.92. The van der Waals surface area contributed by atoms with Crippen molar-refractivity contribution in [1.29, 1.82) is 0 Å². The molecule has 3 aromatic carbocycles. The minimum atomic E-state index is -0.346. The molecule has 1 N–H and O–H groups in total. The van der Waals surface area contributed by atoms with Crippen LogP contribution in [0.1, 0.15) is 25.0 Å². The Morgan fingerprint density at radius 1 is 0.818 bits per heavy atom. The average Bonchev–Trinajstić information content (AvgIpc) is 3.07. The fourth-order valence-corrected chi connectivity index (χ4v) is 4.10. The van der Waals surface area contributed by atoms with Gasteiger partial charge in [0.05, 0.1) is 12.1 Å². The first-order chi connectivity index (χ1) is 16.0. The minimum absolute atomic E-state index is 0.178. The smallest absolute Gasteiger partial charge is 0.278 e. The first kappa shape index (κ1) is 22.6. The standard InChI is InChI=1S/C27H26ClN3O2/c1-3-30(4-2)23-16-14-22(15-17-23)29-25-24(20-8-6-5-7-9-20)26(32)31(27(25)33)18-19-10-12-21(28)13-11-19/h5-17,29H,3-4,18H2,1-2H3. The monoisotopic (exact) mass is 459 g/mol. The maximum atomic E-state index is 13.4. The Labute approximate surface area is 199 Å². The molecule has 0 saturated heterocycles. The SMILES string of the molecule is CCN(CC)c1ccc(NC2=C(c3ccccc3)C(=O)N(Cc3ccc(Cl)cc3)C2=O)cc1. The molecule has 0 spiro atoms. The number of carbonyl (C=O) groups excluding carboxylic acids is 2. The van der Waals surface area contributed by atoms with E-state index in [9.17, 15) is 9.59 Å². The van der Waals surface area contributed by atoms with Gasteiger partial charge < -0.3 is 10.2 Å². The van der Waals surface area contributed by atoms with Crippen LogP contribution in [-0.4, -0.2) is 29.8 Å². The molecule has 1 heterocycles. The van der Waals surface area contributed by atoms with Gasteiger partial charge in [-0.1, -0.05) is 54.1 Å². The zero-order valence-corrected chi connectivity index (χ0v) is 19.5. The molecule has 0 fully saturated rings. The number of carbonyl (C=O) groups is 2. The summed E-state index contributed by atoms with van der Waals surface area (Å²) in [6, 6.07) is 24.3. The largest absolute Gasteiger partial charge is 0.372 e. The maximum absolute atomic E-state index is 13.4. The second-order valence-corrected chi connectivity index (χ2v) is 8.22. The van der Waals surface area contributed by atoms with E-state index in [4.69, 9.17) is 11.6 Å². The van der Waals surface area contributed by atoms with Gasteiger partial charge in [0.2, 0.25) is 0 Å². The van der Waals surface area contributed by atoms with Gasteiger partial charge in [0.15, 0.2) is 0 Å². The molecule has 6 heteroatoms. The van der Waals surface area contributed by atoms with Crippen LogP contribution in [0.5, 0.6) is 0 Å². The van der Waals surface area contributed by atoms with Crippen molar-refractivity contribution in [3.05, 3.63) is 101 Å². The number of benzene rings is 3. The third kappa shape index (κ3) is 4.78. The fourth-order valence-electron chi connectivity index (χ4n) is 3.97. The van der Waals surface area contributed by atoms with E-state index in [2.05, 4.69) is 24.1 Å². The summed E-state index contributed by atoms with van der Waals surface area (Å²) >= 11 is 5.98. The van der Waals surface area contributed by atoms with Crippen molar-refractivity contribution in [3.63, 3.8) is 0 Å². The van der Waals surface area contributed by atoms with Crippen LogP contribution in [0.3, 0.4) is 0 Å². The number of hydrogen-bond donors (Lipinski definition) is 1. The maximum Gasteiger partial charge on any atom is 0.278 e. The quantitative estimate of drug-likeness (QED) is 0.447. The van der Waals surface area contributed by atoms with Gasteiger partial charge in [0, 0.05) is 29.5 Å². The molecule has 1 aliphatic rings. The highest BCUT2D eigenvalue weighted by Crippen LogP contribution is 2.32. The van der Waals surface area contributed by atoms with E-state index in [1.54, 1.807) is 12.1 Å². The number of nitrogens with zero attached hydrogens (tertiary/aromatic N) is 2. The molecule has 4 rings (SSSR count). The molecular weight excluding hydrogens is 434 g/mol. The third-order valence-electron chi connectivity index (χ3n) is 5.75. The van der Waals surface area contributed by atoms with Gasteiger partial charge in [-0.3, -0.25) is 14.5 Å². The van der Waals surface area contributed by atoms with E-state index in [1.807, 2.05) is 66.7 Å². The number of imide groups is 1. The van der Waals surface area contributed by atoms with Gasteiger partial charge in [-0.05, 0) is 61.4 Å². The summed E-state index contributed by atoms with van der Waals surface area (Å²) in [5, 5.41) is 3.83. The lowest BCUT2D eigenvalue weighted by atomic mass is 10.0. The number of hydrogen-bond acceptors (Lipinski definition) is 4. The molecule has 168 valence electrons. The van der Waals surface area contributed by atoms with E-state index in [0.29, 0.717) is 16.2 Å². The van der Waals surface area contributed by atoms with Crippen molar-refractivity contribution >= 4 is 40.4 Å². The van der Waals surface area contributed by atoms with Crippen molar-refractivity contribution in [1.82, 2.24) is 4.90 Å². The molecule has 2 amide bonds. The molecule has 1 aliphatic heterocycles. The first-order valence-corrected chi connectivity index (χ1v) is 11.4. The van der Waals surface area contributed by atoms with Crippen molar-refractivity contribution in [3.8, 4) is 0 Å². The number of nitrogens with one attached hydrogen (secondary N) is 1. The molecule has 0 unspecified atom stereocenters. The second-order valence-electron chi connectivity index (χ2n) is 7.78. The average molecular weight is 460 g/mol. The third-order valence-corrected chi connectivity index (χ3v) is 6.00. The topological polar surface area (TPSA) is 52.7 Å². The van der Waals surface area contributed by atoms with Crippen LogP contribution in [0.2, 0.25) is 5.02 Å². The number of amides is 2. The highest BCUT2D eigenvalue weighted by atomic mass is 35.5. The van der Waals surface area contributed by atoms with Crippen molar-refractivity contribution in [2.24, 2.45) is 0 Å². The Kier molecular flexibility index (Phi) is 6.80. The lowest BCUT2D eigenvalue weighted by molar-refractivity contribution is -0.137. The van der Waals surface area contributed by atoms with E-state index in [0.717, 1.165) is 30.0 Å². The number of halogens is 1. The molecule has 0 atom stereocenters. The molecule has 33 heavy (non-hydrogen) atoms. The highest BCUT2D eigenvalue weighted by Gasteiger charge is 2.39. The van der Waals surface area contributed by atoms with E-state index < -0.39 is 0 Å². The zero-order chi connectivity index (χ0) is 23.4. The Bertz CT molecular complexity index is 1170. The number of rotatable bonds is 8. The van der Waals surface area contributed by atoms with Crippen molar-refractivity contribution < 1.29 is 9.59 Å². The Morgan fingerprint density at radius 2 is 1.45 bits per heavy atom. The van der Waals surface area contributed by atoms with Crippen LogP contribution in [-0.2, 0) is 16.1 Å². The van der Waals surface area contributed by atoms with Gasteiger partial charge in [0.25, 0.3) is 11.8 Å². The normalized spacial score (nSPS) is 13.6. The summed E-state index contributed by atoms with van der Waals surface area (Å²) in [6.07, 6.45) is 0. The van der Waals surface area contributed by atoms with Gasteiger partial charge in [-0.2, -0.15) is 0 Å². The minimum Gasteiger partial charge on any atom is -0.372 e. The fraction of sp³-hybridized carbons (Fsp3) is 0.185. The van der Waals surface area contributed by atoms with Crippen LogP contribution < -0.4 is 10.2 Å². The number of anilines is 2. The van der Waals surface area contributed by atoms with Crippen LogP contribution >= 0.6 is 11.6 Å². The predicted molar refractivity (Wildman–Crippen MR) is 134 cm³/mol. The summed E-state index contributed by atoms with van der Waals surface area (Å²) in [5.41, 5.74) is 4.07. The van der Waals surface area contributed by atoms with Gasteiger partial charge in [-0.25, -0.2) is 0 Å². The molecule has 5 nitrogen and oxygen atoms in total. The van der Waals surface area contributed by atoms with Crippen molar-refractivity contribution in [2.75, 3.05) is 23.3 Å². The summed E-state index contributed by atoms with van der Waals surface area (Å²) in [5.74, 6) is -0.662. The lowest BCUT2D eigenvalue weighted by Crippen LogP contribution is -2.32. The lowest BCUT2D eigenvalue weighted by Gasteiger charge is -2.21. The van der Waals surface area contributed by atoms with E-state index >= 15 is 0 Å². The van der Waals surface area contributed by atoms with E-state index in [1.165, 1.54) is 4.90 Å². The highest BCUT2D eigenvalue weighted by molar-refractivity contribution is 6.36. The molecule has 0 radical (unpaired) electrons. The zero-order valence-electron chi connectivity index (χ0n) is 18.7. The predicted octanol–water partition coefficient (Wildman–Crippen LogP) is 5.58. The molecular formula is C27H26ClN3O2. The van der Waals surface area contributed by atoms with Gasteiger partial charge in [-0.15, -0.1) is 0 Å². The van der Waals surface area contributed by atoms with Crippen LogP contribution in [0.15, 0.2) is 84.6 Å². The molecule has 0 saturated carbocycles. The molecule has 3 aromatic rings. The first-order valence-electron chi connectivity index (χ1n) is 11.0. The Balaban J connectivity index is 1.66. The molecule has 0 aliphatic carbocycles. The van der Waals surface area contributed by atoms with Gasteiger partial charge >= 0.3 is 0 Å². The van der Waals surface area contributed by atoms with Crippen LogP contribution in [0.25, 0.3) is 5.57 Å². The summed E-state index contributed by atoms with van der Waals surface area (Å²) in [4.78, 5) is 30.3. The van der Waals surface area contributed by atoms with Gasteiger partial charge in [0.1, 0.15) is 5.70 Å². The van der Waals surface area contributed by atoms with Crippen LogP contribution in [0, 0.1) is 0 Å². The van der Waals surface area contributed by atoms with E-state index in [-0.39, 0.29) is 24.1 Å². The van der Waals surface area contributed by atoms with Crippen molar-refractivity contribution in [2.45, 2.75) is 20.4 Å². The summed E-state index contributed by atoms with van der Waals surface area (Å²) in [7, 11) is 0. The van der Waals surface area contributed by atoms with Crippen LogP contribution in [0.4, 0.5) is 11.4 Å². The molecule has 0 bridgehead atoms. The Morgan fingerprint density at radius 3 is 2.06 bits per heavy atom.